The SMILES string of the molecule is [C-]#[N+]c1ccc(-c2ccc3c4ccccc4n(-c4cc(-c5cccc(C#N)c5)cc(-n5c6ccccc6c6ccc(-c7ccc(C#N)cc7)cc65)c4C(F)(F)F)c3c2)cc1. The molecule has 0 aliphatic rings. The van der Waals surface area contributed by atoms with Crippen LogP contribution in [-0.2, 0) is 6.18 Å². The van der Waals surface area contributed by atoms with Gasteiger partial charge in [0.15, 0.2) is 5.69 Å². The first kappa shape index (κ1) is 36.0. The Morgan fingerprint density at radius 3 is 1.40 bits per heavy atom. The lowest BCUT2D eigenvalue weighted by Gasteiger charge is -2.23. The monoisotopic (exact) mass is 779 g/mol. The minimum Gasteiger partial charge on any atom is -0.309 e. The molecule has 0 N–H and O–H groups in total. The number of alkyl halides is 3. The molecule has 60 heavy (non-hydrogen) atoms. The first-order valence-corrected chi connectivity index (χ1v) is 19.1. The molecule has 2 aromatic heterocycles. The van der Waals surface area contributed by atoms with Crippen LogP contribution < -0.4 is 0 Å². The Morgan fingerprint density at radius 1 is 0.433 bits per heavy atom. The van der Waals surface area contributed by atoms with Gasteiger partial charge in [-0.25, -0.2) is 4.85 Å². The second-order valence-corrected chi connectivity index (χ2v) is 14.6. The van der Waals surface area contributed by atoms with Gasteiger partial charge in [-0.05, 0) is 94.0 Å². The van der Waals surface area contributed by atoms with Gasteiger partial charge in [-0.1, -0.05) is 109 Å². The summed E-state index contributed by atoms with van der Waals surface area (Å²) < 4.78 is 52.8. The van der Waals surface area contributed by atoms with Crippen LogP contribution in [0.2, 0.25) is 0 Å². The molecule has 10 aromatic rings. The molecule has 0 amide bonds. The fourth-order valence-corrected chi connectivity index (χ4v) is 8.47. The number of aromatic nitrogens is 2. The summed E-state index contributed by atoms with van der Waals surface area (Å²) in [6.07, 6.45) is -4.86. The van der Waals surface area contributed by atoms with Gasteiger partial charge in [0.1, 0.15) is 5.56 Å². The van der Waals surface area contributed by atoms with Crippen LogP contribution in [0.1, 0.15) is 16.7 Å². The molecule has 0 aliphatic carbocycles. The zero-order chi connectivity index (χ0) is 41.1. The van der Waals surface area contributed by atoms with Gasteiger partial charge < -0.3 is 9.13 Å². The standard InChI is InChI=1S/C52H28F3N5/c1-58-40-21-17-35(18-22-40)38-20-24-44-42-10-3-5-12-46(42)60(48(44)27-38)50-29-39(36-8-6-7-33(25-36)31-57)28-49(51(50)52(53,54)55)59-45-11-4-2-9-41(45)43-23-19-37(26-47(43)59)34-15-13-32(30-56)14-16-34/h2-29H. The molecular weight excluding hydrogens is 752 g/mol. The highest BCUT2D eigenvalue weighted by molar-refractivity contribution is 6.12. The Balaban J connectivity index is 1.35. The second-order valence-electron chi connectivity index (χ2n) is 14.6. The van der Waals surface area contributed by atoms with Gasteiger partial charge >= 0.3 is 6.18 Å². The van der Waals surface area contributed by atoms with Crippen molar-refractivity contribution in [1.82, 2.24) is 9.13 Å². The van der Waals surface area contributed by atoms with Gasteiger partial charge in [0.25, 0.3) is 0 Å². The molecule has 10 rings (SSSR count). The lowest BCUT2D eigenvalue weighted by molar-refractivity contribution is -0.137. The van der Waals surface area contributed by atoms with E-state index in [2.05, 4.69) is 17.0 Å². The number of para-hydroxylation sites is 2. The van der Waals surface area contributed by atoms with Crippen molar-refractivity contribution in [1.29, 1.82) is 10.5 Å². The normalized spacial score (nSPS) is 11.5. The molecule has 0 unspecified atom stereocenters. The summed E-state index contributed by atoms with van der Waals surface area (Å²) in [6, 6.07) is 55.2. The van der Waals surface area contributed by atoms with Gasteiger partial charge in [-0.2, -0.15) is 23.7 Å². The fraction of sp³-hybridized carbons (Fsp3) is 0.0192. The number of nitrogens with zero attached hydrogens (tertiary/aromatic N) is 5. The molecule has 282 valence electrons. The highest BCUT2D eigenvalue weighted by atomic mass is 19.4. The van der Waals surface area contributed by atoms with Crippen LogP contribution in [0.3, 0.4) is 0 Å². The van der Waals surface area contributed by atoms with Crippen molar-refractivity contribution >= 4 is 49.3 Å². The largest absolute Gasteiger partial charge is 0.420 e. The van der Waals surface area contributed by atoms with Gasteiger partial charge in [-0.15, -0.1) is 0 Å². The summed E-state index contributed by atoms with van der Waals surface area (Å²) in [5, 5.41) is 22.5. The van der Waals surface area contributed by atoms with Crippen molar-refractivity contribution in [2.75, 3.05) is 0 Å². The van der Waals surface area contributed by atoms with Crippen molar-refractivity contribution in [3.63, 3.8) is 0 Å². The summed E-state index contributed by atoms with van der Waals surface area (Å²) in [7, 11) is 0. The van der Waals surface area contributed by atoms with E-state index in [1.165, 1.54) is 0 Å². The third-order valence-corrected chi connectivity index (χ3v) is 11.2. The predicted octanol–water partition coefficient (Wildman–Crippen LogP) is 14.2. The minimum absolute atomic E-state index is 0.0711. The molecule has 5 nitrogen and oxygen atoms in total. The highest BCUT2D eigenvalue weighted by Crippen LogP contribution is 2.47. The van der Waals surface area contributed by atoms with E-state index in [4.69, 9.17) is 6.57 Å². The molecule has 8 aromatic carbocycles. The summed E-state index contributed by atoms with van der Waals surface area (Å²) >= 11 is 0. The summed E-state index contributed by atoms with van der Waals surface area (Å²) in [4.78, 5) is 3.52. The van der Waals surface area contributed by atoms with Crippen LogP contribution in [-0.4, -0.2) is 9.13 Å². The molecule has 0 spiro atoms. The Bertz CT molecular complexity index is 3300. The average Bonchev–Trinajstić information content (AvgIpc) is 3.80. The number of hydrogen-bond acceptors (Lipinski definition) is 2. The zero-order valence-corrected chi connectivity index (χ0v) is 31.5. The van der Waals surface area contributed by atoms with E-state index in [1.807, 2.05) is 115 Å². The van der Waals surface area contributed by atoms with E-state index in [-0.39, 0.29) is 11.4 Å². The van der Waals surface area contributed by atoms with Gasteiger partial charge in [0.2, 0.25) is 0 Å². The van der Waals surface area contributed by atoms with Crippen molar-refractivity contribution in [2.45, 2.75) is 6.18 Å². The molecule has 2 heterocycles. The smallest absolute Gasteiger partial charge is 0.309 e. The highest BCUT2D eigenvalue weighted by Gasteiger charge is 2.39. The van der Waals surface area contributed by atoms with Crippen LogP contribution in [0.4, 0.5) is 18.9 Å². The second kappa shape index (κ2) is 13.9. The Hall–Kier alpha value is -8.38. The maximum absolute atomic E-state index is 16.5. The molecular formula is C52H28F3N5. The van der Waals surface area contributed by atoms with E-state index in [0.29, 0.717) is 50.0 Å². The van der Waals surface area contributed by atoms with Crippen LogP contribution in [0, 0.1) is 29.2 Å². The van der Waals surface area contributed by atoms with Gasteiger partial charge in [0.05, 0.1) is 63.3 Å². The zero-order valence-electron chi connectivity index (χ0n) is 31.5. The summed E-state index contributed by atoms with van der Waals surface area (Å²) in [6.45, 7) is 7.41. The van der Waals surface area contributed by atoms with Gasteiger partial charge in [-0.3, -0.25) is 0 Å². The number of rotatable bonds is 5. The lowest BCUT2D eigenvalue weighted by atomic mass is 9.97. The Kier molecular flexibility index (Phi) is 8.35. The summed E-state index contributed by atoms with van der Waals surface area (Å²) in [5.74, 6) is 0. The number of hydrogen-bond donors (Lipinski definition) is 0. The first-order valence-electron chi connectivity index (χ1n) is 19.1. The maximum atomic E-state index is 16.5. The van der Waals surface area contributed by atoms with Crippen molar-refractivity contribution in [3.8, 4) is 56.9 Å². The average molecular weight is 780 g/mol. The molecule has 0 aliphatic heterocycles. The number of halogens is 3. The number of nitriles is 2. The van der Waals surface area contributed by atoms with Crippen LogP contribution in [0.15, 0.2) is 170 Å². The molecule has 0 atom stereocenters. The van der Waals surface area contributed by atoms with E-state index in [9.17, 15) is 10.5 Å². The van der Waals surface area contributed by atoms with E-state index in [0.717, 1.165) is 43.8 Å². The molecule has 0 fully saturated rings. The molecule has 8 heteroatoms. The van der Waals surface area contributed by atoms with Crippen LogP contribution in [0.5, 0.6) is 0 Å². The summed E-state index contributed by atoms with van der Waals surface area (Å²) in [5.41, 5.74) is 7.03. The minimum atomic E-state index is -4.86. The quantitative estimate of drug-likeness (QED) is 0.163. The third kappa shape index (κ3) is 5.85. The molecule has 0 saturated carbocycles. The van der Waals surface area contributed by atoms with Crippen molar-refractivity contribution in [2.24, 2.45) is 0 Å². The van der Waals surface area contributed by atoms with Crippen LogP contribution >= 0.6 is 0 Å². The predicted molar refractivity (Wildman–Crippen MR) is 232 cm³/mol. The van der Waals surface area contributed by atoms with E-state index < -0.39 is 11.7 Å². The molecule has 0 bridgehead atoms. The lowest BCUT2D eigenvalue weighted by Crippen LogP contribution is -2.16. The first-order chi connectivity index (χ1) is 29.2. The maximum Gasteiger partial charge on any atom is 0.420 e. The van der Waals surface area contributed by atoms with E-state index >= 15 is 13.2 Å². The van der Waals surface area contributed by atoms with E-state index in [1.54, 1.807) is 63.7 Å². The van der Waals surface area contributed by atoms with Crippen LogP contribution in [0.25, 0.3) is 93.2 Å². The third-order valence-electron chi connectivity index (χ3n) is 11.2. The Labute approximate surface area is 342 Å². The molecule has 0 saturated heterocycles. The fourth-order valence-electron chi connectivity index (χ4n) is 8.47. The number of benzene rings is 8. The van der Waals surface area contributed by atoms with Crippen molar-refractivity contribution in [3.05, 3.63) is 198 Å². The topological polar surface area (TPSA) is 61.8 Å². The number of fused-ring (bicyclic) bond motifs is 6. The van der Waals surface area contributed by atoms with Crippen molar-refractivity contribution < 1.29 is 13.2 Å². The van der Waals surface area contributed by atoms with Gasteiger partial charge in [0, 0.05) is 21.5 Å². The molecule has 0 radical (unpaired) electrons. The Morgan fingerprint density at radius 2 is 0.900 bits per heavy atom.